The summed E-state index contributed by atoms with van der Waals surface area (Å²) < 4.78 is 1.95. The number of halogens is 1. The maximum atomic E-state index is 12.1. The van der Waals surface area contributed by atoms with Crippen molar-refractivity contribution in [2.75, 3.05) is 18.9 Å². The molecule has 0 aliphatic heterocycles. The predicted molar refractivity (Wildman–Crippen MR) is 103 cm³/mol. The topological polar surface area (TPSA) is 88.1 Å². The first kappa shape index (κ1) is 19.8. The van der Waals surface area contributed by atoms with Crippen LogP contribution in [0.5, 0.6) is 0 Å². The van der Waals surface area contributed by atoms with Gasteiger partial charge in [0.05, 0.1) is 16.4 Å². The van der Waals surface area contributed by atoms with E-state index in [-0.39, 0.29) is 11.9 Å². The fraction of sp³-hybridized carbons (Fsp3) is 0.389. The van der Waals surface area contributed by atoms with E-state index in [1.54, 1.807) is 25.2 Å². The summed E-state index contributed by atoms with van der Waals surface area (Å²) in [5, 5.41) is 12.9. The Labute approximate surface area is 158 Å². The van der Waals surface area contributed by atoms with Crippen LogP contribution in [-0.4, -0.2) is 35.3 Å². The standard InChI is InChI=1S/C18H24ClN5O2/c1-5-24-12(3)14(11(2)23-24)8-9-21-18(26)22-16-10-13(17(25)20-4)6-7-15(16)19/h6-7,10H,5,8-9H2,1-4H3,(H,20,25)(H2,21,22,26). The van der Waals surface area contributed by atoms with E-state index < -0.39 is 0 Å². The first-order chi connectivity index (χ1) is 12.4. The average molecular weight is 378 g/mol. The van der Waals surface area contributed by atoms with Gasteiger partial charge in [-0.3, -0.25) is 9.48 Å². The minimum atomic E-state index is -0.376. The first-order valence-electron chi connectivity index (χ1n) is 8.46. The van der Waals surface area contributed by atoms with E-state index >= 15 is 0 Å². The van der Waals surface area contributed by atoms with Crippen LogP contribution in [0.4, 0.5) is 10.5 Å². The van der Waals surface area contributed by atoms with E-state index in [9.17, 15) is 9.59 Å². The molecule has 2 aromatic rings. The van der Waals surface area contributed by atoms with Gasteiger partial charge in [0.2, 0.25) is 0 Å². The average Bonchev–Trinajstić information content (AvgIpc) is 2.90. The maximum absolute atomic E-state index is 12.1. The lowest BCUT2D eigenvalue weighted by atomic mass is 10.1. The molecule has 1 aromatic heterocycles. The molecule has 0 aliphatic rings. The summed E-state index contributed by atoms with van der Waals surface area (Å²) in [6.07, 6.45) is 0.692. The fourth-order valence-corrected chi connectivity index (χ4v) is 2.94. The van der Waals surface area contributed by atoms with Crippen molar-refractivity contribution in [1.29, 1.82) is 0 Å². The second-order valence-corrected chi connectivity index (χ2v) is 6.28. The number of aryl methyl sites for hydroxylation is 2. The summed E-state index contributed by atoms with van der Waals surface area (Å²) in [5.41, 5.74) is 4.05. The second kappa shape index (κ2) is 8.71. The smallest absolute Gasteiger partial charge is 0.319 e. The summed E-state index contributed by atoms with van der Waals surface area (Å²) in [6, 6.07) is 4.34. The van der Waals surface area contributed by atoms with Gasteiger partial charge in [-0.15, -0.1) is 0 Å². The summed E-state index contributed by atoms with van der Waals surface area (Å²) in [4.78, 5) is 23.8. The zero-order valence-corrected chi connectivity index (χ0v) is 16.2. The van der Waals surface area contributed by atoms with Gasteiger partial charge in [0, 0.05) is 31.4 Å². The Bertz CT molecular complexity index is 816. The summed E-state index contributed by atoms with van der Waals surface area (Å²) in [6.45, 7) is 7.34. The summed E-state index contributed by atoms with van der Waals surface area (Å²) in [7, 11) is 1.54. The third-order valence-electron chi connectivity index (χ3n) is 4.20. The highest BCUT2D eigenvalue weighted by Gasteiger charge is 2.12. The zero-order valence-electron chi connectivity index (χ0n) is 15.4. The molecule has 0 atom stereocenters. The SMILES string of the molecule is CCn1nc(C)c(CCNC(=O)Nc2cc(C(=O)NC)ccc2Cl)c1C. The van der Waals surface area contributed by atoms with Crippen LogP contribution in [0.15, 0.2) is 18.2 Å². The van der Waals surface area contributed by atoms with Crippen LogP contribution < -0.4 is 16.0 Å². The number of carbonyl (C=O) groups is 2. The van der Waals surface area contributed by atoms with Crippen LogP contribution in [0.25, 0.3) is 0 Å². The molecule has 0 saturated heterocycles. The Balaban J connectivity index is 1.95. The van der Waals surface area contributed by atoms with Crippen LogP contribution >= 0.6 is 11.6 Å². The Hall–Kier alpha value is -2.54. The minimum Gasteiger partial charge on any atom is -0.355 e. The van der Waals surface area contributed by atoms with E-state index in [1.807, 2.05) is 25.5 Å². The summed E-state index contributed by atoms with van der Waals surface area (Å²) in [5.74, 6) is -0.246. The zero-order chi connectivity index (χ0) is 19.3. The van der Waals surface area contributed by atoms with E-state index in [4.69, 9.17) is 11.6 Å². The van der Waals surface area contributed by atoms with Crippen molar-refractivity contribution in [1.82, 2.24) is 20.4 Å². The molecule has 8 heteroatoms. The van der Waals surface area contributed by atoms with Crippen molar-refractivity contribution in [3.8, 4) is 0 Å². The fourth-order valence-electron chi connectivity index (χ4n) is 2.78. The van der Waals surface area contributed by atoms with Crippen molar-refractivity contribution in [3.63, 3.8) is 0 Å². The predicted octanol–water partition coefficient (Wildman–Crippen LogP) is 2.90. The number of hydrogen-bond acceptors (Lipinski definition) is 3. The highest BCUT2D eigenvalue weighted by Crippen LogP contribution is 2.23. The third-order valence-corrected chi connectivity index (χ3v) is 4.52. The molecule has 7 nitrogen and oxygen atoms in total. The van der Waals surface area contributed by atoms with Crippen LogP contribution in [0.2, 0.25) is 5.02 Å². The molecule has 26 heavy (non-hydrogen) atoms. The Morgan fingerprint density at radius 1 is 1.27 bits per heavy atom. The van der Waals surface area contributed by atoms with E-state index in [0.29, 0.717) is 29.2 Å². The van der Waals surface area contributed by atoms with Crippen LogP contribution in [0.1, 0.15) is 34.2 Å². The molecule has 2 rings (SSSR count). The number of carbonyl (C=O) groups excluding carboxylic acids is 2. The molecule has 3 N–H and O–H groups in total. The van der Waals surface area contributed by atoms with Crippen molar-refractivity contribution < 1.29 is 9.59 Å². The Kier molecular flexibility index (Phi) is 6.63. The number of nitrogens with zero attached hydrogens (tertiary/aromatic N) is 2. The molecular formula is C18H24ClN5O2. The van der Waals surface area contributed by atoms with Crippen molar-refractivity contribution in [2.24, 2.45) is 0 Å². The lowest BCUT2D eigenvalue weighted by Gasteiger charge is -2.11. The first-order valence-corrected chi connectivity index (χ1v) is 8.84. The molecule has 0 aliphatic carbocycles. The molecule has 0 spiro atoms. The number of urea groups is 1. The molecular weight excluding hydrogens is 354 g/mol. The number of benzene rings is 1. The lowest BCUT2D eigenvalue weighted by molar-refractivity contribution is 0.0963. The third kappa shape index (κ3) is 4.54. The number of nitrogens with one attached hydrogen (secondary N) is 3. The Morgan fingerprint density at radius 2 is 2.00 bits per heavy atom. The van der Waals surface area contributed by atoms with Gasteiger partial charge < -0.3 is 16.0 Å². The minimum absolute atomic E-state index is 0.246. The van der Waals surface area contributed by atoms with Gasteiger partial charge in [-0.05, 0) is 51.0 Å². The molecule has 3 amide bonds. The molecule has 0 saturated carbocycles. The van der Waals surface area contributed by atoms with Gasteiger partial charge in [-0.25, -0.2) is 4.79 Å². The van der Waals surface area contributed by atoms with Gasteiger partial charge in [0.1, 0.15) is 0 Å². The van der Waals surface area contributed by atoms with E-state index in [2.05, 4.69) is 21.0 Å². The summed E-state index contributed by atoms with van der Waals surface area (Å²) >= 11 is 6.09. The van der Waals surface area contributed by atoms with Crippen molar-refractivity contribution in [3.05, 3.63) is 45.7 Å². The number of aromatic nitrogens is 2. The molecule has 1 heterocycles. The molecule has 140 valence electrons. The van der Waals surface area contributed by atoms with Crippen LogP contribution in [0, 0.1) is 13.8 Å². The largest absolute Gasteiger partial charge is 0.355 e. The Morgan fingerprint density at radius 3 is 2.62 bits per heavy atom. The van der Waals surface area contributed by atoms with E-state index in [0.717, 1.165) is 23.5 Å². The van der Waals surface area contributed by atoms with Gasteiger partial charge >= 0.3 is 6.03 Å². The molecule has 0 fully saturated rings. The highest BCUT2D eigenvalue weighted by molar-refractivity contribution is 6.33. The van der Waals surface area contributed by atoms with Crippen LogP contribution in [0.3, 0.4) is 0 Å². The van der Waals surface area contributed by atoms with Crippen molar-refractivity contribution >= 4 is 29.2 Å². The molecule has 0 radical (unpaired) electrons. The molecule has 0 unspecified atom stereocenters. The van der Waals surface area contributed by atoms with Crippen LogP contribution in [-0.2, 0) is 13.0 Å². The van der Waals surface area contributed by atoms with E-state index in [1.165, 1.54) is 0 Å². The maximum Gasteiger partial charge on any atom is 0.319 e. The molecule has 1 aromatic carbocycles. The number of amides is 3. The van der Waals surface area contributed by atoms with Gasteiger partial charge in [0.25, 0.3) is 5.91 Å². The monoisotopic (exact) mass is 377 g/mol. The highest BCUT2D eigenvalue weighted by atomic mass is 35.5. The van der Waals surface area contributed by atoms with Crippen molar-refractivity contribution in [2.45, 2.75) is 33.7 Å². The van der Waals surface area contributed by atoms with Gasteiger partial charge in [-0.1, -0.05) is 11.6 Å². The lowest BCUT2D eigenvalue weighted by Crippen LogP contribution is -2.31. The number of rotatable bonds is 6. The second-order valence-electron chi connectivity index (χ2n) is 5.87. The quantitative estimate of drug-likeness (QED) is 0.723. The normalized spacial score (nSPS) is 10.5. The number of hydrogen-bond donors (Lipinski definition) is 3. The molecule has 0 bridgehead atoms. The van der Waals surface area contributed by atoms with Gasteiger partial charge in [-0.2, -0.15) is 5.10 Å². The number of anilines is 1. The van der Waals surface area contributed by atoms with Gasteiger partial charge in [0.15, 0.2) is 0 Å².